The Balaban J connectivity index is 1.43. The van der Waals surface area contributed by atoms with Crippen molar-refractivity contribution < 1.29 is 13.9 Å². The molecular formula is C27H21ClFN5O2. The monoisotopic (exact) mass is 501 g/mol. The summed E-state index contributed by atoms with van der Waals surface area (Å²) in [6, 6.07) is 20.6. The van der Waals surface area contributed by atoms with Crippen molar-refractivity contribution in [3.63, 3.8) is 0 Å². The lowest BCUT2D eigenvalue weighted by Crippen LogP contribution is -2.20. The zero-order valence-corrected chi connectivity index (χ0v) is 19.9. The lowest BCUT2D eigenvalue weighted by molar-refractivity contribution is -0.111. The number of nitrogens with zero attached hydrogens (tertiary/aromatic N) is 3. The summed E-state index contributed by atoms with van der Waals surface area (Å²) in [4.78, 5) is 17.1. The molecule has 1 amide bonds. The topological polar surface area (TPSA) is 81.1 Å². The van der Waals surface area contributed by atoms with Gasteiger partial charge in [0.2, 0.25) is 5.95 Å². The Labute approximate surface area is 211 Å². The van der Waals surface area contributed by atoms with E-state index < -0.39 is 5.91 Å². The summed E-state index contributed by atoms with van der Waals surface area (Å²) >= 11 is 6.05. The molecule has 2 N–H and O–H groups in total. The van der Waals surface area contributed by atoms with Gasteiger partial charge in [0.15, 0.2) is 0 Å². The molecule has 0 spiro atoms. The number of anilines is 2. The Kier molecular flexibility index (Phi) is 6.51. The van der Waals surface area contributed by atoms with Gasteiger partial charge in [-0.2, -0.15) is 4.98 Å². The third-order valence-electron chi connectivity index (χ3n) is 5.62. The van der Waals surface area contributed by atoms with Gasteiger partial charge >= 0.3 is 0 Å². The fourth-order valence-corrected chi connectivity index (χ4v) is 3.99. The molecule has 180 valence electrons. The molecule has 4 aromatic rings. The smallest absolute Gasteiger partial charge is 0.250 e. The number of fused-ring (bicyclic) bond motifs is 1. The molecule has 5 rings (SSSR count). The highest BCUT2D eigenvalue weighted by atomic mass is 35.5. The Hall–Kier alpha value is -4.43. The van der Waals surface area contributed by atoms with Crippen LogP contribution >= 0.6 is 11.6 Å². The summed E-state index contributed by atoms with van der Waals surface area (Å²) in [6.07, 6.45) is 5.01. The van der Waals surface area contributed by atoms with Crippen LogP contribution < -0.4 is 15.4 Å². The van der Waals surface area contributed by atoms with Crippen molar-refractivity contribution in [1.29, 1.82) is 0 Å². The van der Waals surface area contributed by atoms with E-state index in [1.54, 1.807) is 42.1 Å². The predicted octanol–water partition coefficient (Wildman–Crippen LogP) is 5.79. The number of allylic oxidation sites excluding steroid dienone is 1. The van der Waals surface area contributed by atoms with Crippen molar-refractivity contribution >= 4 is 41.2 Å². The summed E-state index contributed by atoms with van der Waals surface area (Å²) < 4.78 is 20.5. The minimum atomic E-state index is -0.395. The van der Waals surface area contributed by atoms with E-state index in [-0.39, 0.29) is 17.8 Å². The summed E-state index contributed by atoms with van der Waals surface area (Å²) in [5, 5.41) is 11.1. The third kappa shape index (κ3) is 4.99. The average molecular weight is 502 g/mol. The normalized spacial score (nSPS) is 14.6. The van der Waals surface area contributed by atoms with Crippen molar-refractivity contribution in [2.24, 2.45) is 0 Å². The van der Waals surface area contributed by atoms with Gasteiger partial charge in [-0.05, 0) is 53.6 Å². The second kappa shape index (κ2) is 10.1. The second-order valence-electron chi connectivity index (χ2n) is 7.98. The van der Waals surface area contributed by atoms with E-state index >= 15 is 0 Å². The number of hydrogen-bond donors (Lipinski definition) is 2. The maximum atomic E-state index is 13.6. The Morgan fingerprint density at radius 1 is 1.11 bits per heavy atom. The van der Waals surface area contributed by atoms with Crippen LogP contribution in [0.15, 0.2) is 84.9 Å². The van der Waals surface area contributed by atoms with Gasteiger partial charge in [0.25, 0.3) is 11.9 Å². The van der Waals surface area contributed by atoms with E-state index in [2.05, 4.69) is 20.7 Å². The van der Waals surface area contributed by atoms with Crippen LogP contribution in [0.1, 0.15) is 22.7 Å². The quantitative estimate of drug-likeness (QED) is 0.327. The maximum absolute atomic E-state index is 13.6. The van der Waals surface area contributed by atoms with Crippen LogP contribution in [0.5, 0.6) is 5.75 Å². The van der Waals surface area contributed by atoms with Crippen molar-refractivity contribution in [3.8, 4) is 5.75 Å². The van der Waals surface area contributed by atoms with Crippen LogP contribution in [-0.4, -0.2) is 27.8 Å². The molecule has 7 nitrogen and oxygen atoms in total. The van der Waals surface area contributed by atoms with Crippen molar-refractivity contribution in [2.45, 2.75) is 6.04 Å². The molecule has 0 saturated heterocycles. The molecule has 0 fully saturated rings. The van der Waals surface area contributed by atoms with Crippen molar-refractivity contribution in [1.82, 2.24) is 14.8 Å². The summed E-state index contributed by atoms with van der Waals surface area (Å²) in [5.41, 5.74) is 3.26. The number of nitrogens with one attached hydrogen (secondary N) is 2. The van der Waals surface area contributed by atoms with Crippen LogP contribution in [0.2, 0.25) is 5.02 Å². The average Bonchev–Trinajstić information content (AvgIpc) is 3.30. The highest BCUT2D eigenvalue weighted by Crippen LogP contribution is 2.33. The number of carbonyl (C=O) groups is 1. The minimum Gasteiger partial charge on any atom is -0.496 e. The molecule has 0 bridgehead atoms. The first-order valence-corrected chi connectivity index (χ1v) is 11.5. The number of carbonyl (C=O) groups excluding carboxylic acids is 1. The zero-order valence-electron chi connectivity index (χ0n) is 19.2. The molecule has 1 aliphatic heterocycles. The van der Waals surface area contributed by atoms with E-state index in [0.29, 0.717) is 16.7 Å². The maximum Gasteiger partial charge on any atom is 0.250 e. The van der Waals surface area contributed by atoms with Crippen LogP contribution in [0, 0.1) is 5.82 Å². The van der Waals surface area contributed by atoms with Crippen LogP contribution in [-0.2, 0) is 4.79 Å². The lowest BCUT2D eigenvalue weighted by Gasteiger charge is -2.24. The molecule has 0 unspecified atom stereocenters. The summed E-state index contributed by atoms with van der Waals surface area (Å²) in [6.45, 7) is 0. The first-order chi connectivity index (χ1) is 17.5. The zero-order chi connectivity index (χ0) is 25.1. The van der Waals surface area contributed by atoms with Crippen LogP contribution in [0.3, 0.4) is 0 Å². The molecule has 1 atom stereocenters. The highest BCUT2D eigenvalue weighted by molar-refractivity contribution is 6.30. The fourth-order valence-electron chi connectivity index (χ4n) is 3.86. The highest BCUT2D eigenvalue weighted by Gasteiger charge is 2.25. The molecule has 1 aromatic heterocycles. The predicted molar refractivity (Wildman–Crippen MR) is 138 cm³/mol. The number of hydrogen-bond acceptors (Lipinski definition) is 5. The molecule has 0 saturated carbocycles. The number of amides is 1. The number of benzene rings is 3. The molecule has 2 heterocycles. The Bertz CT molecular complexity index is 1460. The van der Waals surface area contributed by atoms with Gasteiger partial charge in [0.1, 0.15) is 17.6 Å². The van der Waals surface area contributed by atoms with Gasteiger partial charge in [0, 0.05) is 22.4 Å². The molecule has 1 aliphatic rings. The number of para-hydroxylation sites is 1. The van der Waals surface area contributed by atoms with Gasteiger partial charge in [-0.15, -0.1) is 5.10 Å². The molecule has 3 aromatic carbocycles. The third-order valence-corrected chi connectivity index (χ3v) is 5.87. The van der Waals surface area contributed by atoms with Gasteiger partial charge in [-0.25, -0.2) is 9.07 Å². The van der Waals surface area contributed by atoms with Crippen LogP contribution in [0.4, 0.5) is 16.3 Å². The SMILES string of the molecule is COc1ccccc1/C=C/C(=O)Nc1nc2n(n1)[C@@H](c1ccc(F)cc1)C=C(c1ccc(Cl)cc1)N2. The minimum absolute atomic E-state index is 0.130. The largest absolute Gasteiger partial charge is 0.496 e. The van der Waals surface area contributed by atoms with Gasteiger partial charge in [-0.3, -0.25) is 10.1 Å². The fraction of sp³-hybridized carbons (Fsp3) is 0.0741. The summed E-state index contributed by atoms with van der Waals surface area (Å²) in [5.74, 6) is 0.492. The van der Waals surface area contributed by atoms with E-state index in [0.717, 1.165) is 22.4 Å². The van der Waals surface area contributed by atoms with Gasteiger partial charge < -0.3 is 10.1 Å². The van der Waals surface area contributed by atoms with Crippen molar-refractivity contribution in [3.05, 3.63) is 112 Å². The number of ether oxygens (including phenoxy) is 1. The first-order valence-electron chi connectivity index (χ1n) is 11.1. The first kappa shape index (κ1) is 23.3. The van der Waals surface area contributed by atoms with Crippen LogP contribution in [0.25, 0.3) is 11.8 Å². The molecule has 0 radical (unpaired) electrons. The number of halogens is 2. The standard InChI is InChI=1S/C27H21ClFN5O2/c1-36-24-5-3-2-4-19(24)10-15-25(35)31-26-32-27-30-22(17-6-11-20(28)12-7-17)16-23(34(27)33-26)18-8-13-21(29)14-9-18/h2-16,23H,1H3,(H2,30,31,32,33,35)/b15-10+/t23-/m1/s1. The van der Waals surface area contributed by atoms with E-state index in [4.69, 9.17) is 16.3 Å². The lowest BCUT2D eigenvalue weighted by atomic mass is 10.0. The molecule has 36 heavy (non-hydrogen) atoms. The molecule has 0 aliphatic carbocycles. The second-order valence-corrected chi connectivity index (χ2v) is 8.41. The number of methoxy groups -OCH3 is 1. The number of aromatic nitrogens is 3. The molecule has 9 heteroatoms. The van der Waals surface area contributed by atoms with Crippen molar-refractivity contribution in [2.75, 3.05) is 17.7 Å². The Morgan fingerprint density at radius 2 is 1.86 bits per heavy atom. The number of rotatable bonds is 6. The van der Waals surface area contributed by atoms with E-state index in [1.165, 1.54) is 18.2 Å². The Morgan fingerprint density at radius 3 is 2.61 bits per heavy atom. The molecular weight excluding hydrogens is 481 g/mol. The van der Waals surface area contributed by atoms with E-state index in [9.17, 15) is 9.18 Å². The van der Waals surface area contributed by atoms with E-state index in [1.807, 2.05) is 42.5 Å². The van der Waals surface area contributed by atoms with Gasteiger partial charge in [-0.1, -0.05) is 54.1 Å². The summed E-state index contributed by atoms with van der Waals surface area (Å²) in [7, 11) is 1.57. The van der Waals surface area contributed by atoms with Gasteiger partial charge in [0.05, 0.1) is 7.11 Å².